The normalized spacial score (nSPS) is 25.5. The number of carboxylic acids is 3. The highest BCUT2D eigenvalue weighted by atomic mass is 16.7. The molecular formula is C63H54O33. The van der Waals surface area contributed by atoms with Gasteiger partial charge in [-0.2, -0.15) is 0 Å². The number of phenolic OH excluding ortho intramolecular Hbond substituents is 6. The summed E-state index contributed by atoms with van der Waals surface area (Å²) in [5.41, 5.74) is -0.794. The van der Waals surface area contributed by atoms with Crippen LogP contribution in [0.5, 0.6) is 51.7 Å². The number of hydrogen-bond donors (Lipinski definition) is 18. The minimum Gasteiger partial charge on any atom is -0.504 e. The molecule has 0 amide bonds. The predicted molar refractivity (Wildman–Crippen MR) is 319 cm³/mol. The first-order valence-electron chi connectivity index (χ1n) is 28.1. The molecule has 0 bridgehead atoms. The Labute approximate surface area is 533 Å². The Morgan fingerprint density at radius 3 is 0.760 bits per heavy atom. The molecule has 0 spiro atoms. The Bertz CT molecular complexity index is 4120. The third-order valence-electron chi connectivity index (χ3n) is 15.1. The van der Waals surface area contributed by atoms with Crippen LogP contribution in [-0.4, -0.2) is 202 Å². The van der Waals surface area contributed by atoms with Gasteiger partial charge in [0.25, 0.3) is 0 Å². The number of benzene rings is 6. The zero-order valence-electron chi connectivity index (χ0n) is 48.5. The lowest BCUT2D eigenvalue weighted by Crippen LogP contribution is -2.61. The van der Waals surface area contributed by atoms with Crippen molar-refractivity contribution in [2.75, 3.05) is 0 Å². The van der Waals surface area contributed by atoms with Crippen molar-refractivity contribution in [1.29, 1.82) is 0 Å². The van der Waals surface area contributed by atoms with E-state index in [2.05, 4.69) is 0 Å². The molecule has 3 fully saturated rings. The van der Waals surface area contributed by atoms with E-state index >= 15 is 0 Å². The molecule has 6 heterocycles. The van der Waals surface area contributed by atoms with E-state index in [4.69, 9.17) is 57.0 Å². The van der Waals surface area contributed by atoms with E-state index in [9.17, 15) is 105 Å². The first-order valence-corrected chi connectivity index (χ1v) is 28.1. The zero-order chi connectivity index (χ0) is 69.5. The fraction of sp³-hybridized carbons (Fsp3) is 0.238. The fourth-order valence-electron chi connectivity index (χ4n) is 10.1. The van der Waals surface area contributed by atoms with Crippen molar-refractivity contribution in [2.45, 2.75) is 92.1 Å². The molecule has 33 heteroatoms. The van der Waals surface area contributed by atoms with Gasteiger partial charge in [-0.05, 0) is 0 Å². The summed E-state index contributed by atoms with van der Waals surface area (Å²) in [6, 6.07) is 32.3. The van der Waals surface area contributed by atoms with Gasteiger partial charge in [-0.1, -0.05) is 91.0 Å². The van der Waals surface area contributed by atoms with Gasteiger partial charge in [0.1, 0.15) is 105 Å². The van der Waals surface area contributed by atoms with E-state index in [0.717, 1.165) is 36.4 Å². The largest absolute Gasteiger partial charge is 0.504 e. The van der Waals surface area contributed by atoms with Crippen molar-refractivity contribution in [3.63, 3.8) is 0 Å². The summed E-state index contributed by atoms with van der Waals surface area (Å²) in [7, 11) is 0. The maximum atomic E-state index is 12.5. The van der Waals surface area contributed by atoms with Gasteiger partial charge in [-0.15, -0.1) is 0 Å². The molecule has 3 aliphatic rings. The molecule has 3 saturated heterocycles. The second-order valence-corrected chi connectivity index (χ2v) is 21.4. The predicted octanol–water partition coefficient (Wildman–Crippen LogP) is 0.427. The maximum absolute atomic E-state index is 12.5. The summed E-state index contributed by atoms with van der Waals surface area (Å²) in [5.74, 6) is -11.3. The van der Waals surface area contributed by atoms with Crippen molar-refractivity contribution in [3.05, 3.63) is 158 Å². The van der Waals surface area contributed by atoms with Crippen LogP contribution in [0.3, 0.4) is 0 Å². The van der Waals surface area contributed by atoms with Crippen LogP contribution in [0.15, 0.2) is 155 Å². The highest BCUT2D eigenvalue weighted by molar-refractivity contribution is 5.91. The quantitative estimate of drug-likeness (QED) is 0.0737. The van der Waals surface area contributed by atoms with E-state index in [0.29, 0.717) is 16.7 Å². The van der Waals surface area contributed by atoms with Crippen LogP contribution in [0.4, 0.5) is 0 Å². The topological polar surface area (TPSA) is 561 Å². The van der Waals surface area contributed by atoms with E-state index in [-0.39, 0.29) is 50.2 Å². The number of hydrogen-bond acceptors (Lipinski definition) is 30. The Balaban J connectivity index is 0.000000157. The lowest BCUT2D eigenvalue weighted by atomic mass is 9.99. The lowest BCUT2D eigenvalue weighted by molar-refractivity contribution is -0.271. The number of aliphatic carboxylic acids is 3. The van der Waals surface area contributed by atoms with Crippen LogP contribution in [0, 0.1) is 0 Å². The monoisotopic (exact) mass is 1340 g/mol. The number of ether oxygens (including phenoxy) is 6. The number of aromatic hydroxyl groups is 6. The molecule has 0 aliphatic carbocycles. The van der Waals surface area contributed by atoms with Crippen molar-refractivity contribution in [3.8, 4) is 85.7 Å². The van der Waals surface area contributed by atoms with Gasteiger partial charge in [0.05, 0.1) is 0 Å². The number of fused-ring (bicyclic) bond motifs is 3. The average Bonchev–Trinajstić information content (AvgIpc) is 0.777. The minimum atomic E-state index is -1.94. The Kier molecular flexibility index (Phi) is 19.5. The van der Waals surface area contributed by atoms with E-state index in [1.165, 1.54) is 0 Å². The Morgan fingerprint density at radius 2 is 0.542 bits per heavy atom. The molecule has 33 nitrogen and oxygen atoms in total. The third kappa shape index (κ3) is 13.3. The van der Waals surface area contributed by atoms with Crippen LogP contribution < -0.4 is 30.5 Å². The standard InChI is InChI=1S/3C21H18O11/c3*22-9-6-10(8-4-2-1-3-5-8)30-11-7-12(14(23)15(24)13(9)11)31-21-18(27)16(25)17(26)19(32-21)20(28)29/h3*1-7,16-19,21,23-27H,(H,28,29)/t3*16-,17-,18+,19-,21+/m000/s1. The van der Waals surface area contributed by atoms with Crippen LogP contribution in [0.1, 0.15) is 0 Å². The van der Waals surface area contributed by atoms with Crippen LogP contribution >= 0.6 is 0 Å². The molecule has 3 aromatic heterocycles. The first kappa shape index (κ1) is 68.0. The molecule has 3 aliphatic heterocycles. The second kappa shape index (κ2) is 27.6. The van der Waals surface area contributed by atoms with Gasteiger partial charge in [0, 0.05) is 53.1 Å². The Hall–Kier alpha value is -10.9. The number of rotatable bonds is 12. The molecule has 96 heavy (non-hydrogen) atoms. The van der Waals surface area contributed by atoms with E-state index in [1.54, 1.807) is 91.0 Å². The van der Waals surface area contributed by atoms with Gasteiger partial charge in [-0.3, -0.25) is 14.4 Å². The van der Waals surface area contributed by atoms with Crippen molar-refractivity contribution >= 4 is 50.8 Å². The van der Waals surface area contributed by atoms with E-state index < -0.39 is 178 Å². The minimum absolute atomic E-state index is 0.164. The lowest BCUT2D eigenvalue weighted by Gasteiger charge is -2.38. The maximum Gasteiger partial charge on any atom is 0.335 e. The van der Waals surface area contributed by atoms with Gasteiger partial charge in [0.2, 0.25) is 36.1 Å². The molecule has 0 unspecified atom stereocenters. The third-order valence-corrected chi connectivity index (χ3v) is 15.1. The average molecular weight is 1340 g/mol. The smallest absolute Gasteiger partial charge is 0.335 e. The van der Waals surface area contributed by atoms with Gasteiger partial charge in [0.15, 0.2) is 69.1 Å². The van der Waals surface area contributed by atoms with Crippen molar-refractivity contribution in [2.24, 2.45) is 0 Å². The summed E-state index contributed by atoms with van der Waals surface area (Å²) in [6.07, 6.45) is -28.7. The van der Waals surface area contributed by atoms with Gasteiger partial charge >= 0.3 is 17.9 Å². The molecule has 0 radical (unpaired) electrons. The fourth-order valence-corrected chi connectivity index (χ4v) is 10.1. The SMILES string of the molecule is O=C(O)[C@H]1O[C@@H](Oc2cc3oc(-c4ccccc4)cc(=O)c3c(O)c2O)[C@H](O)[C@@H](O)[C@@H]1O.O=C(O)[C@H]1O[C@@H](Oc2cc3oc(-c4ccccc4)cc(=O)c3c(O)c2O)[C@H](O)[C@@H](O)[C@@H]1O.O=C(O)[C@H]1O[C@@H](Oc2cc3oc(-c4ccccc4)cc(=O)c3c(O)c2O)[C@H](O)[C@@H](O)[C@@H]1O. The number of aliphatic hydroxyl groups excluding tert-OH is 9. The summed E-state index contributed by atoms with van der Waals surface area (Å²) < 4.78 is 47.9. The van der Waals surface area contributed by atoms with Crippen LogP contribution in [0.2, 0.25) is 0 Å². The van der Waals surface area contributed by atoms with E-state index in [1.807, 2.05) is 0 Å². The molecule has 6 aromatic carbocycles. The van der Waals surface area contributed by atoms with Crippen LogP contribution in [-0.2, 0) is 28.6 Å². The summed E-state index contributed by atoms with van der Waals surface area (Å²) in [6.45, 7) is 0. The molecule has 15 atom stereocenters. The molecule has 12 rings (SSSR count). The first-order chi connectivity index (χ1) is 45.6. The molecular weight excluding hydrogens is 1280 g/mol. The summed E-state index contributed by atoms with van der Waals surface area (Å²) in [5, 5.41) is 178. The Morgan fingerprint density at radius 1 is 0.312 bits per heavy atom. The molecule has 18 N–H and O–H groups in total. The zero-order valence-corrected chi connectivity index (χ0v) is 48.5. The number of aliphatic hydroxyl groups is 9. The van der Waals surface area contributed by atoms with Crippen molar-refractivity contribution < 1.29 is 148 Å². The number of phenols is 6. The molecule has 0 saturated carbocycles. The summed E-state index contributed by atoms with van der Waals surface area (Å²) >= 11 is 0. The van der Waals surface area contributed by atoms with Gasteiger partial charge in [-0.25, -0.2) is 14.4 Å². The molecule has 9 aromatic rings. The highest BCUT2D eigenvalue weighted by Gasteiger charge is 2.51. The summed E-state index contributed by atoms with van der Waals surface area (Å²) in [4.78, 5) is 71.3. The van der Waals surface area contributed by atoms with Crippen molar-refractivity contribution in [1.82, 2.24) is 0 Å². The van der Waals surface area contributed by atoms with Crippen LogP contribution in [0.25, 0.3) is 66.9 Å². The number of carbonyl (C=O) groups is 3. The second-order valence-electron chi connectivity index (χ2n) is 21.4. The number of carboxylic acid groups (broad SMARTS) is 3. The highest BCUT2D eigenvalue weighted by Crippen LogP contribution is 2.46. The molecule has 504 valence electrons. The van der Waals surface area contributed by atoms with Gasteiger partial charge < -0.3 is 134 Å².